The highest BCUT2D eigenvalue weighted by atomic mass is 35.5. The third kappa shape index (κ3) is 15.5. The van der Waals surface area contributed by atoms with E-state index in [9.17, 15) is 19.2 Å². The Morgan fingerprint density at radius 2 is 1.53 bits per heavy atom. The topological polar surface area (TPSA) is 174 Å². The first kappa shape index (κ1) is 30.6. The van der Waals surface area contributed by atoms with Crippen molar-refractivity contribution in [3.8, 4) is 5.75 Å². The number of piperazine rings is 1. The van der Waals surface area contributed by atoms with Crippen LogP contribution in [-0.4, -0.2) is 81.5 Å². The fourth-order valence-corrected chi connectivity index (χ4v) is 3.18. The van der Waals surface area contributed by atoms with Crippen molar-refractivity contribution in [2.45, 2.75) is 32.4 Å². The predicted octanol–water partition coefficient (Wildman–Crippen LogP) is 2.35. The second kappa shape index (κ2) is 16.3. The van der Waals surface area contributed by atoms with Gasteiger partial charge in [-0.05, 0) is 43.9 Å². The molecule has 0 spiro atoms. The molecule has 12 heteroatoms. The third-order valence-corrected chi connectivity index (χ3v) is 5.01. The van der Waals surface area contributed by atoms with Crippen LogP contribution in [0.2, 0.25) is 5.02 Å². The molecule has 0 aromatic heterocycles. The summed E-state index contributed by atoms with van der Waals surface area (Å²) in [7, 11) is 0. The van der Waals surface area contributed by atoms with Crippen molar-refractivity contribution in [3.05, 3.63) is 53.1 Å². The molecule has 1 saturated heterocycles. The summed E-state index contributed by atoms with van der Waals surface area (Å²) in [6, 6.07) is 6.55. The number of nitrogens with one attached hydrogen (secondary N) is 1. The maximum absolute atomic E-state index is 9.55. The van der Waals surface area contributed by atoms with Crippen LogP contribution in [-0.2, 0) is 25.7 Å². The van der Waals surface area contributed by atoms with Crippen molar-refractivity contribution in [1.29, 1.82) is 0 Å². The van der Waals surface area contributed by atoms with Gasteiger partial charge in [0.2, 0.25) is 0 Å². The van der Waals surface area contributed by atoms with Gasteiger partial charge in [0.05, 0.1) is 6.61 Å². The van der Waals surface area contributed by atoms with Gasteiger partial charge in [-0.25, -0.2) is 19.2 Å². The molecule has 5 N–H and O–H groups in total. The Hall–Kier alpha value is -3.41. The molecule has 1 saturated carbocycles. The maximum atomic E-state index is 9.55. The second-order valence-electron chi connectivity index (χ2n) is 8.12. The van der Waals surface area contributed by atoms with E-state index >= 15 is 0 Å². The van der Waals surface area contributed by atoms with Crippen LogP contribution >= 0.6 is 11.6 Å². The average molecular weight is 527 g/mol. The monoisotopic (exact) mass is 526 g/mol. The number of rotatable bonds is 9. The van der Waals surface area contributed by atoms with Crippen molar-refractivity contribution in [2.75, 3.05) is 26.2 Å². The standard InChI is InChI=1S/C16H23ClN2O.2C4H4O4/c1-12-9-19(7-6-18-12)10-14-8-15(17)4-5-16(14)20-11-13-2-3-13;2*5-3(6)1-2-4(7)8/h4-5,8,12-13,18H,2-3,6-7,9-11H2,1H3;2*1-2H,(H,5,6)(H,7,8)/b;2*2-1+/t12-;;/m0../s1. The minimum absolute atomic E-state index is 0.554. The summed E-state index contributed by atoms with van der Waals surface area (Å²) in [5, 5.41) is 35.5. The number of nitrogens with zero attached hydrogens (tertiary/aromatic N) is 1. The lowest BCUT2D eigenvalue weighted by Crippen LogP contribution is -2.48. The summed E-state index contributed by atoms with van der Waals surface area (Å²) in [5.74, 6) is -3.25. The fraction of sp³-hybridized carbons (Fsp3) is 0.417. The van der Waals surface area contributed by atoms with Crippen LogP contribution < -0.4 is 10.1 Å². The second-order valence-corrected chi connectivity index (χ2v) is 8.55. The van der Waals surface area contributed by atoms with Crippen LogP contribution in [0, 0.1) is 5.92 Å². The highest BCUT2D eigenvalue weighted by Crippen LogP contribution is 2.31. The summed E-state index contributed by atoms with van der Waals surface area (Å²) in [6.45, 7) is 7.22. The normalized spacial score (nSPS) is 17.4. The molecular weight excluding hydrogens is 496 g/mol. The van der Waals surface area contributed by atoms with Gasteiger partial charge in [0, 0.05) is 67.1 Å². The van der Waals surface area contributed by atoms with E-state index in [4.69, 9.17) is 36.8 Å². The number of carboxylic acid groups (broad SMARTS) is 4. The molecule has 2 aliphatic rings. The Bertz CT molecular complexity index is 895. The Labute approximate surface area is 213 Å². The zero-order valence-corrected chi connectivity index (χ0v) is 20.6. The molecule has 36 heavy (non-hydrogen) atoms. The summed E-state index contributed by atoms with van der Waals surface area (Å²) in [6.07, 6.45) is 4.87. The first-order chi connectivity index (χ1) is 17.0. The molecular formula is C24H31ClN2O9. The average Bonchev–Trinajstić information content (AvgIpc) is 3.61. The smallest absolute Gasteiger partial charge is 0.328 e. The van der Waals surface area contributed by atoms with E-state index in [1.54, 1.807) is 0 Å². The Morgan fingerprint density at radius 1 is 1.00 bits per heavy atom. The van der Waals surface area contributed by atoms with Gasteiger partial charge >= 0.3 is 23.9 Å². The summed E-state index contributed by atoms with van der Waals surface area (Å²) in [4.78, 5) is 40.7. The van der Waals surface area contributed by atoms with Crippen molar-refractivity contribution in [2.24, 2.45) is 5.92 Å². The number of halogens is 1. The quantitative estimate of drug-likeness (QED) is 0.299. The van der Waals surface area contributed by atoms with Gasteiger partial charge in [-0.2, -0.15) is 0 Å². The number of carbonyl (C=O) groups is 4. The predicted molar refractivity (Wildman–Crippen MR) is 131 cm³/mol. The molecule has 1 aromatic rings. The number of hydrogen-bond donors (Lipinski definition) is 5. The van der Waals surface area contributed by atoms with Crippen molar-refractivity contribution in [3.63, 3.8) is 0 Å². The molecule has 3 rings (SSSR count). The number of ether oxygens (including phenoxy) is 1. The molecule has 1 aliphatic heterocycles. The minimum atomic E-state index is -1.26. The lowest BCUT2D eigenvalue weighted by atomic mass is 10.1. The van der Waals surface area contributed by atoms with Crippen molar-refractivity contribution >= 4 is 35.5 Å². The van der Waals surface area contributed by atoms with Crippen LogP contribution in [0.4, 0.5) is 0 Å². The molecule has 0 bridgehead atoms. The Balaban J connectivity index is 0.000000337. The van der Waals surface area contributed by atoms with Crippen LogP contribution in [0.3, 0.4) is 0 Å². The highest BCUT2D eigenvalue weighted by Gasteiger charge is 2.23. The van der Waals surface area contributed by atoms with E-state index in [1.807, 2.05) is 12.1 Å². The molecule has 198 valence electrons. The lowest BCUT2D eigenvalue weighted by molar-refractivity contribution is -0.134. The molecule has 2 fully saturated rings. The van der Waals surface area contributed by atoms with Gasteiger partial charge in [0.25, 0.3) is 0 Å². The molecule has 0 unspecified atom stereocenters. The van der Waals surface area contributed by atoms with Crippen LogP contribution in [0.25, 0.3) is 0 Å². The van der Waals surface area contributed by atoms with E-state index in [-0.39, 0.29) is 0 Å². The number of hydrogen-bond acceptors (Lipinski definition) is 7. The third-order valence-electron chi connectivity index (χ3n) is 4.78. The Kier molecular flexibility index (Phi) is 13.9. The van der Waals surface area contributed by atoms with Crippen LogP contribution in [0.15, 0.2) is 42.5 Å². The number of carboxylic acids is 4. The van der Waals surface area contributed by atoms with Crippen molar-refractivity contribution in [1.82, 2.24) is 10.2 Å². The molecule has 0 amide bonds. The van der Waals surface area contributed by atoms with Crippen LogP contribution in [0.5, 0.6) is 5.75 Å². The summed E-state index contributed by atoms with van der Waals surface area (Å²) in [5.41, 5.74) is 1.22. The largest absolute Gasteiger partial charge is 0.493 e. The molecule has 11 nitrogen and oxygen atoms in total. The first-order valence-electron chi connectivity index (χ1n) is 11.1. The van der Waals surface area contributed by atoms with Gasteiger partial charge in [0.1, 0.15) is 5.75 Å². The van der Waals surface area contributed by atoms with Crippen molar-refractivity contribution < 1.29 is 44.3 Å². The minimum Gasteiger partial charge on any atom is -0.493 e. The molecule has 0 radical (unpaired) electrons. The van der Waals surface area contributed by atoms with Gasteiger partial charge in [-0.1, -0.05) is 11.6 Å². The fourth-order valence-electron chi connectivity index (χ4n) is 2.99. The molecule has 1 aromatic carbocycles. The van der Waals surface area contributed by atoms with Gasteiger partial charge < -0.3 is 30.5 Å². The highest BCUT2D eigenvalue weighted by molar-refractivity contribution is 6.30. The molecule has 1 heterocycles. The van der Waals surface area contributed by atoms with Gasteiger partial charge in [-0.3, -0.25) is 4.90 Å². The van der Waals surface area contributed by atoms with E-state index in [2.05, 4.69) is 23.2 Å². The zero-order valence-electron chi connectivity index (χ0n) is 19.8. The summed E-state index contributed by atoms with van der Waals surface area (Å²) >= 11 is 6.15. The number of benzene rings is 1. The first-order valence-corrected chi connectivity index (χ1v) is 11.5. The van der Waals surface area contributed by atoms with Gasteiger partial charge in [-0.15, -0.1) is 0 Å². The van der Waals surface area contributed by atoms with Gasteiger partial charge in [0.15, 0.2) is 0 Å². The SMILES string of the molecule is C[C@H]1CN(Cc2cc(Cl)ccc2OCC2CC2)CCN1.O=C(O)/C=C/C(=O)O.O=C(O)/C=C/C(=O)O. The van der Waals surface area contributed by atoms with E-state index in [0.29, 0.717) is 30.3 Å². The van der Waals surface area contributed by atoms with Crippen LogP contribution in [0.1, 0.15) is 25.3 Å². The lowest BCUT2D eigenvalue weighted by Gasteiger charge is -2.32. The number of aliphatic carboxylic acids is 4. The summed E-state index contributed by atoms with van der Waals surface area (Å²) < 4.78 is 5.98. The van der Waals surface area contributed by atoms with E-state index in [0.717, 1.165) is 49.5 Å². The molecule has 1 aliphatic carbocycles. The van der Waals surface area contributed by atoms with E-state index in [1.165, 1.54) is 18.4 Å². The Morgan fingerprint density at radius 3 is 1.97 bits per heavy atom. The molecule has 1 atom stereocenters. The van der Waals surface area contributed by atoms with E-state index < -0.39 is 23.9 Å². The zero-order chi connectivity index (χ0) is 27.1. The maximum Gasteiger partial charge on any atom is 0.328 e.